The summed E-state index contributed by atoms with van der Waals surface area (Å²) in [5.41, 5.74) is 0.292. The molecule has 1 fully saturated rings. The third kappa shape index (κ3) is 7.09. The van der Waals surface area contributed by atoms with Gasteiger partial charge in [-0.05, 0) is 33.4 Å². The summed E-state index contributed by atoms with van der Waals surface area (Å²) in [7, 11) is 4.34. The van der Waals surface area contributed by atoms with Crippen LogP contribution >= 0.6 is 0 Å². The van der Waals surface area contributed by atoms with Gasteiger partial charge in [-0.25, -0.2) is 0 Å². The number of hydrogen-bond acceptors (Lipinski definition) is 4. The zero-order chi connectivity index (χ0) is 15.6. The second kappa shape index (κ2) is 10.5. The normalized spacial score (nSPS) is 19.3. The Morgan fingerprint density at radius 1 is 1.19 bits per heavy atom. The highest BCUT2D eigenvalue weighted by molar-refractivity contribution is 4.94. The monoisotopic (exact) mass is 300 g/mol. The van der Waals surface area contributed by atoms with Gasteiger partial charge in [0.15, 0.2) is 0 Å². The van der Waals surface area contributed by atoms with Crippen LogP contribution < -0.4 is 5.32 Å². The van der Waals surface area contributed by atoms with Crippen molar-refractivity contribution < 1.29 is 9.84 Å². The Morgan fingerprint density at radius 2 is 1.90 bits per heavy atom. The van der Waals surface area contributed by atoms with Crippen LogP contribution in [0.1, 0.15) is 58.3 Å². The average Bonchev–Trinajstić information content (AvgIpc) is 2.93. The van der Waals surface area contributed by atoms with Crippen molar-refractivity contribution in [1.29, 1.82) is 0 Å². The summed E-state index contributed by atoms with van der Waals surface area (Å²) >= 11 is 0. The first-order valence-electron chi connectivity index (χ1n) is 8.74. The maximum Gasteiger partial charge on any atom is 0.0897 e. The van der Waals surface area contributed by atoms with Gasteiger partial charge in [-0.15, -0.1) is 0 Å². The first-order valence-corrected chi connectivity index (χ1v) is 8.74. The number of ether oxygens (including phenoxy) is 1. The second-order valence-electron chi connectivity index (χ2n) is 6.75. The predicted molar refractivity (Wildman–Crippen MR) is 88.7 cm³/mol. The molecular weight excluding hydrogens is 264 g/mol. The molecular formula is C17H36N2O2. The van der Waals surface area contributed by atoms with Crippen molar-refractivity contribution >= 4 is 0 Å². The van der Waals surface area contributed by atoms with Crippen molar-refractivity contribution in [3.8, 4) is 0 Å². The first-order chi connectivity index (χ1) is 10.1. The van der Waals surface area contributed by atoms with E-state index in [0.29, 0.717) is 18.7 Å². The van der Waals surface area contributed by atoms with Gasteiger partial charge in [0, 0.05) is 25.2 Å². The van der Waals surface area contributed by atoms with Gasteiger partial charge in [0.25, 0.3) is 0 Å². The highest BCUT2D eigenvalue weighted by atomic mass is 16.5. The van der Waals surface area contributed by atoms with Crippen molar-refractivity contribution in [3.05, 3.63) is 0 Å². The summed E-state index contributed by atoms with van der Waals surface area (Å²) < 4.78 is 5.54. The molecule has 1 atom stereocenters. The fraction of sp³-hybridized carbons (Fsp3) is 1.00. The van der Waals surface area contributed by atoms with E-state index in [0.717, 1.165) is 19.6 Å². The van der Waals surface area contributed by atoms with Crippen LogP contribution in [0.5, 0.6) is 0 Å². The summed E-state index contributed by atoms with van der Waals surface area (Å²) in [6.45, 7) is 5.03. The van der Waals surface area contributed by atoms with Crippen LogP contribution in [-0.2, 0) is 4.74 Å². The minimum absolute atomic E-state index is 0.292. The summed E-state index contributed by atoms with van der Waals surface area (Å²) in [4.78, 5) is 2.35. The van der Waals surface area contributed by atoms with E-state index in [2.05, 4.69) is 31.2 Å². The molecule has 0 radical (unpaired) electrons. The van der Waals surface area contributed by atoms with Crippen molar-refractivity contribution in [2.24, 2.45) is 0 Å². The molecule has 2 N–H and O–H groups in total. The van der Waals surface area contributed by atoms with E-state index in [1.165, 1.54) is 44.9 Å². The third-order valence-electron chi connectivity index (χ3n) is 4.77. The maximum atomic E-state index is 9.95. The largest absolute Gasteiger partial charge is 0.389 e. The van der Waals surface area contributed by atoms with Crippen LogP contribution in [0.3, 0.4) is 0 Å². The number of unbranched alkanes of at least 4 members (excludes halogenated alkanes) is 3. The van der Waals surface area contributed by atoms with E-state index in [1.807, 2.05) is 0 Å². The maximum absolute atomic E-state index is 9.95. The number of hydrogen-bond donors (Lipinski definition) is 2. The summed E-state index contributed by atoms with van der Waals surface area (Å²) in [5.74, 6) is 0. The van der Waals surface area contributed by atoms with Gasteiger partial charge in [0.05, 0.1) is 12.7 Å². The second-order valence-corrected chi connectivity index (χ2v) is 6.75. The molecule has 1 unspecified atom stereocenters. The van der Waals surface area contributed by atoms with Crippen molar-refractivity contribution in [2.75, 3.05) is 40.4 Å². The van der Waals surface area contributed by atoms with Crippen molar-refractivity contribution in [2.45, 2.75) is 69.9 Å². The Morgan fingerprint density at radius 3 is 2.52 bits per heavy atom. The molecule has 0 heterocycles. The van der Waals surface area contributed by atoms with Crippen molar-refractivity contribution in [3.63, 3.8) is 0 Å². The quantitative estimate of drug-likeness (QED) is 0.543. The van der Waals surface area contributed by atoms with Crippen LogP contribution in [0.4, 0.5) is 0 Å². The molecule has 1 rings (SSSR count). The molecule has 0 spiro atoms. The average molecular weight is 300 g/mol. The Kier molecular flexibility index (Phi) is 9.49. The number of nitrogens with zero attached hydrogens (tertiary/aromatic N) is 1. The van der Waals surface area contributed by atoms with Gasteiger partial charge >= 0.3 is 0 Å². The molecule has 1 aliphatic rings. The summed E-state index contributed by atoms with van der Waals surface area (Å²) in [5, 5.41) is 13.4. The summed E-state index contributed by atoms with van der Waals surface area (Å²) in [6.07, 6.45) is 9.64. The lowest BCUT2D eigenvalue weighted by molar-refractivity contribution is 0.0330. The smallest absolute Gasteiger partial charge is 0.0897 e. The van der Waals surface area contributed by atoms with Gasteiger partial charge in [0.2, 0.25) is 0 Å². The lowest BCUT2D eigenvalue weighted by Gasteiger charge is -2.37. The molecule has 1 saturated carbocycles. The minimum Gasteiger partial charge on any atom is -0.389 e. The van der Waals surface area contributed by atoms with Crippen LogP contribution in [-0.4, -0.2) is 62.0 Å². The van der Waals surface area contributed by atoms with Crippen LogP contribution in [0, 0.1) is 0 Å². The highest BCUT2D eigenvalue weighted by Gasteiger charge is 2.35. The molecule has 21 heavy (non-hydrogen) atoms. The number of rotatable bonds is 12. The van der Waals surface area contributed by atoms with E-state index in [4.69, 9.17) is 4.74 Å². The standard InChI is InChI=1S/C17H36N2O2/c1-4-5-6-9-12-21-14-16(20)13-18-15-17(19(2)3)10-7-8-11-17/h16,18,20H,4-15H2,1-3H3. The topological polar surface area (TPSA) is 44.7 Å². The van der Waals surface area contributed by atoms with Crippen LogP contribution in [0.15, 0.2) is 0 Å². The molecule has 0 aromatic rings. The SMILES string of the molecule is CCCCCCOCC(O)CNCC1(N(C)C)CCCC1. The van der Waals surface area contributed by atoms with Crippen LogP contribution in [0.25, 0.3) is 0 Å². The van der Waals surface area contributed by atoms with E-state index in [1.54, 1.807) is 0 Å². The third-order valence-corrected chi connectivity index (χ3v) is 4.77. The molecule has 4 heteroatoms. The number of nitrogens with one attached hydrogen (secondary N) is 1. The lowest BCUT2D eigenvalue weighted by atomic mass is 9.96. The molecule has 0 aromatic heterocycles. The zero-order valence-electron chi connectivity index (χ0n) is 14.4. The zero-order valence-corrected chi connectivity index (χ0v) is 14.4. The van der Waals surface area contributed by atoms with E-state index < -0.39 is 6.10 Å². The molecule has 0 aliphatic heterocycles. The molecule has 4 nitrogen and oxygen atoms in total. The van der Waals surface area contributed by atoms with E-state index >= 15 is 0 Å². The Bertz CT molecular complexity index is 253. The van der Waals surface area contributed by atoms with E-state index in [9.17, 15) is 5.11 Å². The lowest BCUT2D eigenvalue weighted by Crippen LogP contribution is -2.50. The minimum atomic E-state index is -0.392. The molecule has 0 saturated heterocycles. The molecule has 0 bridgehead atoms. The van der Waals surface area contributed by atoms with Crippen LogP contribution in [0.2, 0.25) is 0 Å². The first kappa shape index (κ1) is 18.9. The summed E-state index contributed by atoms with van der Waals surface area (Å²) in [6, 6.07) is 0. The Balaban J connectivity index is 2.06. The fourth-order valence-electron chi connectivity index (χ4n) is 3.20. The van der Waals surface area contributed by atoms with Crippen molar-refractivity contribution in [1.82, 2.24) is 10.2 Å². The molecule has 1 aliphatic carbocycles. The van der Waals surface area contributed by atoms with E-state index in [-0.39, 0.29) is 0 Å². The Labute approximate surface area is 131 Å². The molecule has 0 aromatic carbocycles. The van der Waals surface area contributed by atoms with Gasteiger partial charge in [0.1, 0.15) is 0 Å². The van der Waals surface area contributed by atoms with Gasteiger partial charge in [-0.1, -0.05) is 39.0 Å². The highest BCUT2D eigenvalue weighted by Crippen LogP contribution is 2.32. The fourth-order valence-corrected chi connectivity index (χ4v) is 3.20. The van der Waals surface area contributed by atoms with Gasteiger partial charge in [-0.3, -0.25) is 0 Å². The molecule has 126 valence electrons. The Hall–Kier alpha value is -0.160. The number of aliphatic hydroxyl groups excluding tert-OH is 1. The number of aliphatic hydroxyl groups is 1. The predicted octanol–water partition coefficient (Wildman–Crippen LogP) is 2.41. The molecule has 0 amide bonds. The van der Waals surface area contributed by atoms with Gasteiger partial charge < -0.3 is 20.1 Å². The number of likely N-dealkylation sites (N-methyl/N-ethyl adjacent to an activating group) is 1. The van der Waals surface area contributed by atoms with Gasteiger partial charge in [-0.2, -0.15) is 0 Å².